The van der Waals surface area contributed by atoms with Gasteiger partial charge in [-0.15, -0.1) is 0 Å². The fourth-order valence-electron chi connectivity index (χ4n) is 2.72. The number of nitrogens with one attached hydrogen (secondary N) is 2. The van der Waals surface area contributed by atoms with Gasteiger partial charge in [0.15, 0.2) is 11.5 Å². The second-order valence-electron chi connectivity index (χ2n) is 6.56. The maximum absolute atomic E-state index is 12.5. The summed E-state index contributed by atoms with van der Waals surface area (Å²) in [7, 11) is 1.51. The van der Waals surface area contributed by atoms with Gasteiger partial charge in [-0.05, 0) is 55.5 Å². The third kappa shape index (κ3) is 5.60. The molecule has 2 N–H and O–H groups in total. The number of nitrogens with zero attached hydrogens (tertiary/aromatic N) is 1. The zero-order valence-electron chi connectivity index (χ0n) is 16.8. The molecule has 8 heteroatoms. The van der Waals surface area contributed by atoms with Gasteiger partial charge in [-0.1, -0.05) is 29.3 Å². The maximum Gasteiger partial charge on any atom is 0.246 e. The van der Waals surface area contributed by atoms with Crippen LogP contribution in [-0.2, 0) is 4.79 Å². The molecule has 6 nitrogen and oxygen atoms in total. The van der Waals surface area contributed by atoms with E-state index < -0.39 is 6.04 Å². The fraction of sp³-hybridized carbons (Fsp3) is 0.130. The number of amides is 1. The summed E-state index contributed by atoms with van der Waals surface area (Å²) in [5.41, 5.74) is 1.67. The number of hydrogen-bond donors (Lipinski definition) is 2. The maximum atomic E-state index is 12.5. The van der Waals surface area contributed by atoms with E-state index in [1.54, 1.807) is 67.6 Å². The van der Waals surface area contributed by atoms with Gasteiger partial charge in [0.05, 0.1) is 34.5 Å². The predicted molar refractivity (Wildman–Crippen MR) is 122 cm³/mol. The summed E-state index contributed by atoms with van der Waals surface area (Å²) < 4.78 is 11.1. The van der Waals surface area contributed by atoms with E-state index in [-0.39, 0.29) is 5.91 Å². The summed E-state index contributed by atoms with van der Waals surface area (Å²) in [6.07, 6.45) is 0. The lowest BCUT2D eigenvalue weighted by Gasteiger charge is -2.16. The smallest absolute Gasteiger partial charge is 0.246 e. The molecule has 0 aliphatic rings. The van der Waals surface area contributed by atoms with Crippen molar-refractivity contribution in [3.8, 4) is 23.3 Å². The minimum absolute atomic E-state index is 0.258. The highest BCUT2D eigenvalue weighted by Crippen LogP contribution is 2.33. The molecule has 1 unspecified atom stereocenters. The number of nitriles is 1. The third-order valence-electron chi connectivity index (χ3n) is 4.36. The Kier molecular flexibility index (Phi) is 7.24. The van der Waals surface area contributed by atoms with Gasteiger partial charge < -0.3 is 20.1 Å². The van der Waals surface area contributed by atoms with Crippen molar-refractivity contribution in [3.05, 3.63) is 76.3 Å². The first-order valence-electron chi connectivity index (χ1n) is 9.28. The van der Waals surface area contributed by atoms with E-state index in [0.717, 1.165) is 5.69 Å². The van der Waals surface area contributed by atoms with Crippen LogP contribution in [0.25, 0.3) is 0 Å². The first-order chi connectivity index (χ1) is 14.9. The van der Waals surface area contributed by atoms with Crippen LogP contribution in [0.15, 0.2) is 60.7 Å². The Morgan fingerprint density at radius 3 is 2.48 bits per heavy atom. The van der Waals surface area contributed by atoms with Gasteiger partial charge in [0.2, 0.25) is 5.91 Å². The number of carbonyl (C=O) groups is 1. The number of halogens is 2. The normalized spacial score (nSPS) is 11.2. The molecule has 3 aromatic rings. The van der Waals surface area contributed by atoms with Crippen molar-refractivity contribution in [1.82, 2.24) is 0 Å². The van der Waals surface area contributed by atoms with Crippen LogP contribution in [0.2, 0.25) is 10.0 Å². The van der Waals surface area contributed by atoms with E-state index in [0.29, 0.717) is 38.5 Å². The van der Waals surface area contributed by atoms with Gasteiger partial charge in [-0.3, -0.25) is 4.79 Å². The molecule has 0 spiro atoms. The fourth-order valence-corrected chi connectivity index (χ4v) is 3.07. The Bertz CT molecular complexity index is 1130. The van der Waals surface area contributed by atoms with E-state index in [2.05, 4.69) is 16.7 Å². The quantitative estimate of drug-likeness (QED) is 0.449. The average Bonchev–Trinajstić information content (AvgIpc) is 2.78. The summed E-state index contributed by atoms with van der Waals surface area (Å²) in [4.78, 5) is 12.5. The molecular formula is C23H19Cl2N3O3. The van der Waals surface area contributed by atoms with Crippen molar-refractivity contribution in [2.24, 2.45) is 0 Å². The highest BCUT2D eigenvalue weighted by atomic mass is 35.5. The number of methoxy groups -OCH3 is 1. The second-order valence-corrected chi connectivity index (χ2v) is 7.35. The lowest BCUT2D eigenvalue weighted by atomic mass is 10.2. The molecule has 3 rings (SSSR count). The molecule has 0 saturated heterocycles. The minimum atomic E-state index is -0.527. The topological polar surface area (TPSA) is 83.4 Å². The lowest BCUT2D eigenvalue weighted by molar-refractivity contribution is -0.116. The molecule has 0 bridgehead atoms. The highest BCUT2D eigenvalue weighted by molar-refractivity contribution is 6.44. The van der Waals surface area contributed by atoms with E-state index in [1.807, 2.05) is 0 Å². The number of benzene rings is 3. The number of anilines is 2. The van der Waals surface area contributed by atoms with Crippen molar-refractivity contribution in [2.75, 3.05) is 17.7 Å². The molecule has 0 saturated carbocycles. The summed E-state index contributed by atoms with van der Waals surface area (Å²) >= 11 is 12.1. The molecule has 158 valence electrons. The van der Waals surface area contributed by atoms with Crippen LogP contribution in [0.4, 0.5) is 11.4 Å². The monoisotopic (exact) mass is 455 g/mol. The molecule has 0 aromatic heterocycles. The third-order valence-corrected chi connectivity index (χ3v) is 5.18. The van der Waals surface area contributed by atoms with E-state index in [4.69, 9.17) is 37.9 Å². The molecule has 31 heavy (non-hydrogen) atoms. The molecule has 3 aromatic carbocycles. The van der Waals surface area contributed by atoms with Crippen molar-refractivity contribution in [2.45, 2.75) is 13.0 Å². The van der Waals surface area contributed by atoms with Crippen LogP contribution in [0.5, 0.6) is 17.2 Å². The van der Waals surface area contributed by atoms with Crippen molar-refractivity contribution >= 4 is 40.5 Å². The Balaban J connectivity index is 1.63. The van der Waals surface area contributed by atoms with Crippen molar-refractivity contribution in [1.29, 1.82) is 5.26 Å². The number of rotatable bonds is 7. The van der Waals surface area contributed by atoms with Crippen molar-refractivity contribution in [3.63, 3.8) is 0 Å². The van der Waals surface area contributed by atoms with Gasteiger partial charge in [0.25, 0.3) is 0 Å². The van der Waals surface area contributed by atoms with Crippen molar-refractivity contribution < 1.29 is 14.3 Å². The van der Waals surface area contributed by atoms with E-state index in [1.165, 1.54) is 7.11 Å². The Labute approximate surface area is 190 Å². The van der Waals surface area contributed by atoms with E-state index >= 15 is 0 Å². The zero-order valence-corrected chi connectivity index (χ0v) is 18.3. The largest absolute Gasteiger partial charge is 0.493 e. The second kappa shape index (κ2) is 10.1. The summed E-state index contributed by atoms with van der Waals surface area (Å²) in [5.74, 6) is 1.28. The molecule has 0 heterocycles. The summed E-state index contributed by atoms with van der Waals surface area (Å²) in [6, 6.07) is 18.6. The molecule has 1 atom stereocenters. The van der Waals surface area contributed by atoms with Crippen LogP contribution < -0.4 is 20.1 Å². The molecule has 1 amide bonds. The van der Waals surface area contributed by atoms with E-state index in [9.17, 15) is 4.79 Å². The SMILES string of the molecule is COc1cc(C#N)ccc1Oc1ccc(NC(C)C(=O)Nc2cccc(Cl)c2Cl)cc1. The Hall–Kier alpha value is -3.40. The first kappa shape index (κ1) is 22.3. The molecule has 0 aliphatic carbocycles. The Morgan fingerprint density at radius 2 is 1.81 bits per heavy atom. The standard InChI is InChI=1S/C23H19Cl2N3O3/c1-14(23(29)28-19-5-3-4-18(24)22(19)25)27-16-7-9-17(10-8-16)31-20-11-6-15(13-26)12-21(20)30-2/h3-12,14,27H,1-2H3,(H,28,29). The number of carbonyl (C=O) groups excluding carboxylic acids is 1. The number of hydrogen-bond acceptors (Lipinski definition) is 5. The van der Waals surface area contributed by atoms with Gasteiger partial charge in [-0.2, -0.15) is 5.26 Å². The Morgan fingerprint density at radius 1 is 1.06 bits per heavy atom. The first-order valence-corrected chi connectivity index (χ1v) is 10.0. The minimum Gasteiger partial charge on any atom is -0.493 e. The molecule has 0 aliphatic heterocycles. The summed E-state index contributed by atoms with van der Waals surface area (Å²) in [6.45, 7) is 1.74. The van der Waals surface area contributed by atoms with Gasteiger partial charge in [0.1, 0.15) is 11.8 Å². The predicted octanol–water partition coefficient (Wildman–Crippen LogP) is 6.11. The van der Waals surface area contributed by atoms with Crippen LogP contribution in [0, 0.1) is 11.3 Å². The van der Waals surface area contributed by atoms with Gasteiger partial charge >= 0.3 is 0 Å². The van der Waals surface area contributed by atoms with Crippen LogP contribution in [0.3, 0.4) is 0 Å². The molecule has 0 fully saturated rings. The average molecular weight is 456 g/mol. The zero-order chi connectivity index (χ0) is 22.4. The van der Waals surface area contributed by atoms with Gasteiger partial charge in [-0.25, -0.2) is 0 Å². The highest BCUT2D eigenvalue weighted by Gasteiger charge is 2.15. The van der Waals surface area contributed by atoms with Gasteiger partial charge in [0, 0.05) is 11.8 Å². The molecule has 0 radical (unpaired) electrons. The lowest BCUT2D eigenvalue weighted by Crippen LogP contribution is -2.31. The summed E-state index contributed by atoms with van der Waals surface area (Å²) in [5, 5.41) is 15.5. The van der Waals surface area contributed by atoms with Crippen LogP contribution in [0.1, 0.15) is 12.5 Å². The number of ether oxygens (including phenoxy) is 2. The molecular weight excluding hydrogens is 437 g/mol. The van der Waals surface area contributed by atoms with Crippen LogP contribution in [-0.4, -0.2) is 19.1 Å². The van der Waals surface area contributed by atoms with Crippen LogP contribution >= 0.6 is 23.2 Å².